The number of carbonyl (C=O) groups excluding carboxylic acids is 2. The molecule has 8 nitrogen and oxygen atoms in total. The van der Waals surface area contributed by atoms with Crippen LogP contribution < -0.4 is 9.47 Å². The molecule has 1 saturated heterocycles. The van der Waals surface area contributed by atoms with Gasteiger partial charge in [-0.1, -0.05) is 30.3 Å². The number of ketones is 1. The first-order valence-corrected chi connectivity index (χ1v) is 11.9. The van der Waals surface area contributed by atoms with Crippen molar-refractivity contribution in [3.8, 4) is 11.5 Å². The number of Topliss-reactive ketones (excluding diaryl/α,β-unsaturated/α-hetero) is 1. The fourth-order valence-corrected chi connectivity index (χ4v) is 5.48. The molecule has 33 heavy (non-hydrogen) atoms. The van der Waals surface area contributed by atoms with E-state index in [1.54, 1.807) is 18.2 Å². The summed E-state index contributed by atoms with van der Waals surface area (Å²) in [6.07, 6.45) is 3.48. The predicted molar refractivity (Wildman–Crippen MR) is 123 cm³/mol. The quantitative estimate of drug-likeness (QED) is 0.330. The Morgan fingerprint density at radius 2 is 1.67 bits per heavy atom. The maximum atomic E-state index is 13.5. The highest BCUT2D eigenvalue weighted by Crippen LogP contribution is 2.38. The molecule has 0 radical (unpaired) electrons. The normalized spacial score (nSPS) is 15.4. The molecule has 1 aliphatic rings. The van der Waals surface area contributed by atoms with Gasteiger partial charge in [-0.25, -0.2) is 13.2 Å². The fraction of sp³-hybridized carbons (Fsp3) is 0.333. The molecule has 0 unspecified atom stereocenters. The molecule has 1 fully saturated rings. The van der Waals surface area contributed by atoms with E-state index in [9.17, 15) is 18.0 Å². The van der Waals surface area contributed by atoms with E-state index in [1.165, 1.54) is 43.9 Å². The Kier molecular flexibility index (Phi) is 7.88. The first kappa shape index (κ1) is 24.5. The fourth-order valence-electron chi connectivity index (χ4n) is 3.81. The third-order valence-electron chi connectivity index (χ3n) is 5.58. The number of hydrogen-bond donors (Lipinski definition) is 0. The lowest BCUT2D eigenvalue weighted by atomic mass is 9.90. The molecule has 0 aliphatic carbocycles. The molecule has 0 atom stereocenters. The Bertz CT molecular complexity index is 1130. The van der Waals surface area contributed by atoms with Gasteiger partial charge < -0.3 is 14.2 Å². The standard InChI is InChI=1S/C24H27NO7S/c1-30-20-15-17(9-10-22(26)31-2)16-21(24(20)32-3)33(28,29)25-13-11-19(12-14-25)23(27)18-7-5-4-6-8-18/h4-10,15-16,19H,11-14H2,1-3H3/b10-9+. The lowest BCUT2D eigenvalue weighted by molar-refractivity contribution is -0.134. The van der Waals surface area contributed by atoms with Gasteiger partial charge >= 0.3 is 5.97 Å². The number of sulfonamides is 1. The summed E-state index contributed by atoms with van der Waals surface area (Å²) in [6, 6.07) is 12.0. The minimum absolute atomic E-state index is 0.0295. The van der Waals surface area contributed by atoms with E-state index in [0.29, 0.717) is 24.0 Å². The van der Waals surface area contributed by atoms with Gasteiger partial charge in [0.2, 0.25) is 10.0 Å². The molecule has 0 saturated carbocycles. The minimum atomic E-state index is -3.95. The lowest BCUT2D eigenvalue weighted by Gasteiger charge is -2.31. The Labute approximate surface area is 193 Å². The summed E-state index contributed by atoms with van der Waals surface area (Å²) in [5.41, 5.74) is 1.07. The summed E-state index contributed by atoms with van der Waals surface area (Å²) in [5.74, 6) is -0.474. The molecular weight excluding hydrogens is 446 g/mol. The second-order valence-electron chi connectivity index (χ2n) is 7.52. The van der Waals surface area contributed by atoms with Gasteiger partial charge in [-0.05, 0) is 36.6 Å². The summed E-state index contributed by atoms with van der Waals surface area (Å²) >= 11 is 0. The van der Waals surface area contributed by atoms with E-state index >= 15 is 0 Å². The van der Waals surface area contributed by atoms with Crippen LogP contribution in [-0.2, 0) is 19.6 Å². The zero-order valence-electron chi connectivity index (χ0n) is 18.8. The Hall–Kier alpha value is -3.17. The van der Waals surface area contributed by atoms with Gasteiger partial charge in [0.05, 0.1) is 21.3 Å². The van der Waals surface area contributed by atoms with Crippen LogP contribution in [-0.4, -0.2) is 58.9 Å². The summed E-state index contributed by atoms with van der Waals surface area (Å²) in [5, 5.41) is 0. The van der Waals surface area contributed by atoms with E-state index in [-0.39, 0.29) is 41.2 Å². The van der Waals surface area contributed by atoms with Crippen molar-refractivity contribution in [2.24, 2.45) is 5.92 Å². The number of benzene rings is 2. The highest BCUT2D eigenvalue weighted by molar-refractivity contribution is 7.89. The van der Waals surface area contributed by atoms with E-state index < -0.39 is 16.0 Å². The lowest BCUT2D eigenvalue weighted by Crippen LogP contribution is -2.40. The van der Waals surface area contributed by atoms with Gasteiger partial charge in [-0.3, -0.25) is 4.79 Å². The molecule has 0 bridgehead atoms. The third-order valence-corrected chi connectivity index (χ3v) is 7.49. The van der Waals surface area contributed by atoms with Crippen molar-refractivity contribution in [3.05, 3.63) is 59.7 Å². The average molecular weight is 474 g/mol. The summed E-state index contributed by atoms with van der Waals surface area (Å²) < 4.78 is 43.7. The van der Waals surface area contributed by atoms with Crippen LogP contribution in [0.5, 0.6) is 11.5 Å². The maximum absolute atomic E-state index is 13.5. The number of nitrogens with zero attached hydrogens (tertiary/aromatic N) is 1. The first-order valence-electron chi connectivity index (χ1n) is 10.4. The third kappa shape index (κ3) is 5.43. The van der Waals surface area contributed by atoms with Crippen LogP contribution in [0.15, 0.2) is 53.4 Å². The van der Waals surface area contributed by atoms with Crippen molar-refractivity contribution < 1.29 is 32.2 Å². The number of esters is 1. The van der Waals surface area contributed by atoms with Crippen LogP contribution in [0.3, 0.4) is 0 Å². The topological polar surface area (TPSA) is 99.2 Å². The SMILES string of the molecule is COC(=O)/C=C/c1cc(OC)c(OC)c(S(=O)(=O)N2CCC(C(=O)c3ccccc3)CC2)c1. The van der Waals surface area contributed by atoms with Crippen molar-refractivity contribution in [2.45, 2.75) is 17.7 Å². The minimum Gasteiger partial charge on any atom is -0.493 e. The Morgan fingerprint density at radius 3 is 2.24 bits per heavy atom. The van der Waals surface area contributed by atoms with Crippen molar-refractivity contribution in [1.29, 1.82) is 0 Å². The monoisotopic (exact) mass is 473 g/mol. The van der Waals surface area contributed by atoms with Crippen LogP contribution >= 0.6 is 0 Å². The summed E-state index contributed by atoms with van der Waals surface area (Å²) in [4.78, 5) is 24.1. The predicted octanol–water partition coefficient (Wildman–Crippen LogP) is 3.17. The van der Waals surface area contributed by atoms with Crippen molar-refractivity contribution >= 4 is 27.9 Å². The highest BCUT2D eigenvalue weighted by Gasteiger charge is 2.35. The zero-order valence-corrected chi connectivity index (χ0v) is 19.6. The van der Waals surface area contributed by atoms with Gasteiger partial charge in [-0.15, -0.1) is 0 Å². The maximum Gasteiger partial charge on any atom is 0.330 e. The molecule has 9 heteroatoms. The van der Waals surface area contributed by atoms with Crippen molar-refractivity contribution in [3.63, 3.8) is 0 Å². The number of piperidine rings is 1. The Balaban J connectivity index is 1.86. The van der Waals surface area contributed by atoms with E-state index in [1.807, 2.05) is 18.2 Å². The molecule has 2 aromatic carbocycles. The molecule has 0 amide bonds. The second kappa shape index (κ2) is 10.6. The van der Waals surface area contributed by atoms with Crippen LogP contribution in [0.25, 0.3) is 6.08 Å². The summed E-state index contributed by atoms with van der Waals surface area (Å²) in [6.45, 7) is 0.415. The van der Waals surface area contributed by atoms with E-state index in [4.69, 9.17) is 9.47 Å². The molecule has 1 aliphatic heterocycles. The number of methoxy groups -OCH3 is 3. The highest BCUT2D eigenvalue weighted by atomic mass is 32.2. The molecule has 0 aromatic heterocycles. The second-order valence-corrected chi connectivity index (χ2v) is 9.43. The number of carbonyl (C=O) groups is 2. The molecular formula is C24H27NO7S. The zero-order chi connectivity index (χ0) is 24.0. The van der Waals surface area contributed by atoms with Crippen LogP contribution in [0.4, 0.5) is 0 Å². The van der Waals surface area contributed by atoms with Gasteiger partial charge in [0, 0.05) is 30.6 Å². The molecule has 1 heterocycles. The molecule has 0 N–H and O–H groups in total. The van der Waals surface area contributed by atoms with Gasteiger partial charge in [-0.2, -0.15) is 4.31 Å². The Morgan fingerprint density at radius 1 is 1.00 bits per heavy atom. The van der Waals surface area contributed by atoms with E-state index in [0.717, 1.165) is 0 Å². The van der Waals surface area contributed by atoms with Crippen molar-refractivity contribution in [2.75, 3.05) is 34.4 Å². The van der Waals surface area contributed by atoms with Crippen LogP contribution in [0.1, 0.15) is 28.8 Å². The first-order chi connectivity index (χ1) is 15.8. The molecule has 176 valence electrons. The largest absolute Gasteiger partial charge is 0.493 e. The van der Waals surface area contributed by atoms with Gasteiger partial charge in [0.15, 0.2) is 17.3 Å². The number of hydrogen-bond acceptors (Lipinski definition) is 7. The molecule has 3 rings (SSSR count). The van der Waals surface area contributed by atoms with Gasteiger partial charge in [0.1, 0.15) is 4.90 Å². The van der Waals surface area contributed by atoms with Crippen molar-refractivity contribution in [1.82, 2.24) is 4.31 Å². The van der Waals surface area contributed by atoms with Crippen LogP contribution in [0.2, 0.25) is 0 Å². The molecule has 0 spiro atoms. The smallest absolute Gasteiger partial charge is 0.330 e. The molecule has 2 aromatic rings. The van der Waals surface area contributed by atoms with Gasteiger partial charge in [0.25, 0.3) is 0 Å². The summed E-state index contributed by atoms with van der Waals surface area (Å²) in [7, 11) is 0.0747. The van der Waals surface area contributed by atoms with E-state index in [2.05, 4.69) is 4.74 Å². The average Bonchev–Trinajstić information content (AvgIpc) is 2.86. The number of ether oxygens (including phenoxy) is 3. The van der Waals surface area contributed by atoms with Crippen LogP contribution in [0, 0.1) is 5.92 Å². The number of rotatable bonds is 8.